The largest absolute Gasteiger partial charge is 0.307 e. The van der Waals surface area contributed by atoms with Crippen LogP contribution in [0.5, 0.6) is 0 Å². The molecule has 0 aliphatic carbocycles. The van der Waals surface area contributed by atoms with Gasteiger partial charge < -0.3 is 5.32 Å². The average molecular weight is 210 g/mol. The predicted octanol–water partition coefficient (Wildman–Crippen LogP) is 3.46. The molecule has 76 valence electrons. The van der Waals surface area contributed by atoms with Crippen molar-refractivity contribution in [3.8, 4) is 0 Å². The molecule has 2 unspecified atom stereocenters. The number of rotatable bonds is 1. The Morgan fingerprint density at radius 1 is 1.36 bits per heavy atom. The first kappa shape index (κ1) is 10.0. The van der Waals surface area contributed by atoms with Crippen molar-refractivity contribution in [2.75, 3.05) is 0 Å². The third-order valence-electron chi connectivity index (χ3n) is 2.98. The van der Waals surface area contributed by atoms with E-state index in [1.54, 1.807) is 0 Å². The number of hydrogen-bond donors (Lipinski definition) is 1. The van der Waals surface area contributed by atoms with Crippen LogP contribution in [0.2, 0.25) is 5.02 Å². The molecule has 1 fully saturated rings. The molecule has 1 heterocycles. The van der Waals surface area contributed by atoms with Crippen molar-refractivity contribution in [2.24, 2.45) is 0 Å². The molecule has 1 aromatic rings. The minimum atomic E-state index is 0.530. The molecule has 0 radical (unpaired) electrons. The predicted molar refractivity (Wildman–Crippen MR) is 60.8 cm³/mol. The van der Waals surface area contributed by atoms with Gasteiger partial charge in [0.2, 0.25) is 0 Å². The Morgan fingerprint density at radius 3 is 2.71 bits per heavy atom. The van der Waals surface area contributed by atoms with Crippen molar-refractivity contribution in [2.45, 2.75) is 38.8 Å². The van der Waals surface area contributed by atoms with Crippen LogP contribution < -0.4 is 5.32 Å². The van der Waals surface area contributed by atoms with Crippen LogP contribution in [-0.2, 0) is 0 Å². The fraction of sp³-hybridized carbons (Fsp3) is 0.500. The lowest BCUT2D eigenvalue weighted by Gasteiger charge is -2.15. The first-order valence-electron chi connectivity index (χ1n) is 5.19. The van der Waals surface area contributed by atoms with E-state index in [2.05, 4.69) is 25.2 Å². The summed E-state index contributed by atoms with van der Waals surface area (Å²) in [6.45, 7) is 4.37. The van der Waals surface area contributed by atoms with Gasteiger partial charge in [-0.2, -0.15) is 0 Å². The van der Waals surface area contributed by atoms with Crippen LogP contribution in [-0.4, -0.2) is 6.04 Å². The van der Waals surface area contributed by atoms with E-state index < -0.39 is 0 Å². The van der Waals surface area contributed by atoms with Crippen molar-refractivity contribution in [3.63, 3.8) is 0 Å². The third kappa shape index (κ3) is 1.94. The first-order valence-corrected chi connectivity index (χ1v) is 5.56. The van der Waals surface area contributed by atoms with E-state index in [-0.39, 0.29) is 0 Å². The van der Waals surface area contributed by atoms with E-state index >= 15 is 0 Å². The molecule has 1 aliphatic rings. The molecule has 2 atom stereocenters. The average Bonchev–Trinajstić information content (AvgIpc) is 2.51. The second kappa shape index (κ2) is 3.92. The van der Waals surface area contributed by atoms with Gasteiger partial charge in [0.15, 0.2) is 0 Å². The van der Waals surface area contributed by atoms with Crippen LogP contribution in [0, 0.1) is 6.92 Å². The second-order valence-corrected chi connectivity index (χ2v) is 4.63. The van der Waals surface area contributed by atoms with Crippen LogP contribution >= 0.6 is 11.6 Å². The molecule has 0 saturated carbocycles. The maximum atomic E-state index is 5.93. The highest BCUT2D eigenvalue weighted by Crippen LogP contribution is 2.29. The van der Waals surface area contributed by atoms with Gasteiger partial charge in [0.25, 0.3) is 0 Å². The monoisotopic (exact) mass is 209 g/mol. The van der Waals surface area contributed by atoms with Gasteiger partial charge in [-0.15, -0.1) is 0 Å². The van der Waals surface area contributed by atoms with E-state index in [0.29, 0.717) is 12.1 Å². The molecule has 1 aliphatic heterocycles. The molecule has 1 N–H and O–H groups in total. The Morgan fingerprint density at radius 2 is 2.14 bits per heavy atom. The SMILES string of the molecule is Cc1cc(Cl)ccc1C1CCC(C)N1. The standard InChI is InChI=1S/C12H16ClN/c1-8-7-10(13)4-5-11(8)12-6-3-9(2)14-12/h4-5,7,9,12,14H,3,6H2,1-2H3. The van der Waals surface area contributed by atoms with Crippen LogP contribution in [0.25, 0.3) is 0 Å². The highest BCUT2D eigenvalue weighted by Gasteiger charge is 2.22. The minimum Gasteiger partial charge on any atom is -0.307 e. The number of hydrogen-bond acceptors (Lipinski definition) is 1. The van der Waals surface area contributed by atoms with Gasteiger partial charge in [0, 0.05) is 17.1 Å². The highest BCUT2D eigenvalue weighted by molar-refractivity contribution is 6.30. The van der Waals surface area contributed by atoms with E-state index in [1.807, 2.05) is 12.1 Å². The zero-order valence-electron chi connectivity index (χ0n) is 8.68. The summed E-state index contributed by atoms with van der Waals surface area (Å²) in [5.74, 6) is 0. The van der Waals surface area contributed by atoms with Gasteiger partial charge in [-0.1, -0.05) is 17.7 Å². The summed E-state index contributed by atoms with van der Waals surface area (Å²) in [7, 11) is 0. The number of nitrogens with one attached hydrogen (secondary N) is 1. The molecule has 1 nitrogen and oxygen atoms in total. The lowest BCUT2D eigenvalue weighted by molar-refractivity contribution is 0.583. The molecule has 14 heavy (non-hydrogen) atoms. The molecule has 0 aromatic heterocycles. The first-order chi connectivity index (χ1) is 6.66. The summed E-state index contributed by atoms with van der Waals surface area (Å²) < 4.78 is 0. The topological polar surface area (TPSA) is 12.0 Å². The van der Waals surface area contributed by atoms with E-state index in [1.165, 1.54) is 24.0 Å². The van der Waals surface area contributed by atoms with Gasteiger partial charge in [-0.25, -0.2) is 0 Å². The van der Waals surface area contributed by atoms with Crippen molar-refractivity contribution >= 4 is 11.6 Å². The van der Waals surface area contributed by atoms with E-state index in [4.69, 9.17) is 11.6 Å². The number of benzene rings is 1. The summed E-state index contributed by atoms with van der Waals surface area (Å²) in [6, 6.07) is 7.35. The van der Waals surface area contributed by atoms with E-state index in [0.717, 1.165) is 5.02 Å². The summed E-state index contributed by atoms with van der Waals surface area (Å²) in [5.41, 5.74) is 2.70. The normalized spacial score (nSPS) is 26.8. The molecule has 1 saturated heterocycles. The Hall–Kier alpha value is -0.530. The molecule has 2 heteroatoms. The third-order valence-corrected chi connectivity index (χ3v) is 3.22. The fourth-order valence-electron chi connectivity index (χ4n) is 2.20. The lowest BCUT2D eigenvalue weighted by atomic mass is 10.0. The molecule has 2 rings (SSSR count). The Bertz CT molecular complexity index is 335. The Labute approximate surface area is 90.5 Å². The molecule has 0 amide bonds. The molecule has 1 aromatic carbocycles. The summed E-state index contributed by atoms with van der Waals surface area (Å²) in [4.78, 5) is 0. The number of aryl methyl sites for hydroxylation is 1. The summed E-state index contributed by atoms with van der Waals surface area (Å²) >= 11 is 5.93. The molecular weight excluding hydrogens is 194 g/mol. The fourth-order valence-corrected chi connectivity index (χ4v) is 2.43. The smallest absolute Gasteiger partial charge is 0.0408 e. The van der Waals surface area contributed by atoms with Crippen LogP contribution in [0.15, 0.2) is 18.2 Å². The maximum absolute atomic E-state index is 5.93. The lowest BCUT2D eigenvalue weighted by Crippen LogP contribution is -2.21. The van der Waals surface area contributed by atoms with E-state index in [9.17, 15) is 0 Å². The summed E-state index contributed by atoms with van der Waals surface area (Å²) in [6.07, 6.45) is 2.51. The van der Waals surface area contributed by atoms with Crippen LogP contribution in [0.3, 0.4) is 0 Å². The molecular formula is C12H16ClN. The van der Waals surface area contributed by atoms with Gasteiger partial charge in [0.05, 0.1) is 0 Å². The van der Waals surface area contributed by atoms with Gasteiger partial charge in [0.1, 0.15) is 0 Å². The quantitative estimate of drug-likeness (QED) is 0.747. The highest BCUT2D eigenvalue weighted by atomic mass is 35.5. The molecule has 0 spiro atoms. The maximum Gasteiger partial charge on any atom is 0.0408 e. The van der Waals surface area contributed by atoms with Gasteiger partial charge in [-0.05, 0) is 49.9 Å². The number of halogens is 1. The van der Waals surface area contributed by atoms with Crippen molar-refractivity contribution < 1.29 is 0 Å². The zero-order valence-corrected chi connectivity index (χ0v) is 9.43. The Balaban J connectivity index is 2.24. The van der Waals surface area contributed by atoms with Crippen molar-refractivity contribution in [1.29, 1.82) is 0 Å². The minimum absolute atomic E-state index is 0.530. The van der Waals surface area contributed by atoms with Crippen molar-refractivity contribution in [1.82, 2.24) is 5.32 Å². The van der Waals surface area contributed by atoms with Crippen LogP contribution in [0.1, 0.15) is 36.9 Å². The second-order valence-electron chi connectivity index (χ2n) is 4.20. The van der Waals surface area contributed by atoms with Gasteiger partial charge >= 0.3 is 0 Å². The van der Waals surface area contributed by atoms with Gasteiger partial charge in [-0.3, -0.25) is 0 Å². The Kier molecular flexibility index (Phi) is 2.80. The van der Waals surface area contributed by atoms with Crippen molar-refractivity contribution in [3.05, 3.63) is 34.3 Å². The zero-order chi connectivity index (χ0) is 10.1. The summed E-state index contributed by atoms with van der Waals surface area (Å²) in [5, 5.41) is 4.42. The molecule has 0 bridgehead atoms. The van der Waals surface area contributed by atoms with Crippen LogP contribution in [0.4, 0.5) is 0 Å².